The monoisotopic (exact) mass is 555 g/mol. The lowest BCUT2D eigenvalue weighted by atomic mass is 9.97. The predicted molar refractivity (Wildman–Crippen MR) is 131 cm³/mol. The van der Waals surface area contributed by atoms with Gasteiger partial charge in [-0.25, -0.2) is 9.97 Å². The number of hydrogen-bond donors (Lipinski definition) is 1. The number of aromatic nitrogens is 2. The molecule has 1 aromatic carbocycles. The number of benzene rings is 1. The molecule has 8 nitrogen and oxygen atoms in total. The molecule has 2 N–H and O–H groups in total. The molecule has 0 spiro atoms. The van der Waals surface area contributed by atoms with E-state index in [-0.39, 0.29) is 37.4 Å². The van der Waals surface area contributed by atoms with E-state index in [4.69, 9.17) is 10.5 Å². The summed E-state index contributed by atoms with van der Waals surface area (Å²) in [6.07, 6.45) is -0.516. The molecule has 13 heteroatoms. The topological polar surface area (TPSA) is 102 Å². The number of amides is 2. The van der Waals surface area contributed by atoms with Crippen LogP contribution >= 0.6 is 0 Å². The van der Waals surface area contributed by atoms with Crippen LogP contribution in [0.3, 0.4) is 0 Å². The van der Waals surface area contributed by atoms with Gasteiger partial charge in [-0.3, -0.25) is 14.5 Å². The summed E-state index contributed by atoms with van der Waals surface area (Å²) in [6.45, 7) is 1.30. The number of hydrogen-bond acceptors (Lipinski definition) is 6. The molecule has 2 saturated heterocycles. The van der Waals surface area contributed by atoms with Gasteiger partial charge in [-0.05, 0) is 63.7 Å². The van der Waals surface area contributed by atoms with Crippen molar-refractivity contribution in [2.24, 2.45) is 11.7 Å². The molecule has 1 aromatic heterocycles. The zero-order chi connectivity index (χ0) is 28.4. The fourth-order valence-electron chi connectivity index (χ4n) is 4.91. The fourth-order valence-corrected chi connectivity index (χ4v) is 4.91. The number of carbonyl (C=O) groups excluding carboxylic acids is 2. The van der Waals surface area contributed by atoms with E-state index in [1.54, 1.807) is 31.2 Å². The van der Waals surface area contributed by atoms with Crippen LogP contribution in [0, 0.1) is 5.92 Å². The number of nitrogens with zero attached hydrogens (tertiary/aromatic N) is 4. The Labute approximate surface area is 222 Å². The van der Waals surface area contributed by atoms with E-state index in [0.717, 1.165) is 4.90 Å². The molecule has 0 bridgehead atoms. The van der Waals surface area contributed by atoms with Gasteiger partial charge in [-0.15, -0.1) is 0 Å². The summed E-state index contributed by atoms with van der Waals surface area (Å²) < 4.78 is 69.5. The van der Waals surface area contributed by atoms with Crippen LogP contribution in [0.15, 0.2) is 36.7 Å². The van der Waals surface area contributed by atoms with Crippen molar-refractivity contribution in [1.29, 1.82) is 0 Å². The third-order valence-electron chi connectivity index (χ3n) is 7.48. The minimum absolute atomic E-state index is 0.000606. The van der Waals surface area contributed by atoms with E-state index >= 15 is 0 Å². The second-order valence-corrected chi connectivity index (χ2v) is 10.2. The van der Waals surface area contributed by atoms with Gasteiger partial charge < -0.3 is 15.4 Å². The van der Waals surface area contributed by atoms with Gasteiger partial charge in [0.2, 0.25) is 11.8 Å². The third-order valence-corrected chi connectivity index (χ3v) is 7.48. The van der Waals surface area contributed by atoms with Gasteiger partial charge in [0, 0.05) is 17.7 Å². The van der Waals surface area contributed by atoms with Crippen LogP contribution in [0.2, 0.25) is 0 Å². The van der Waals surface area contributed by atoms with Gasteiger partial charge in [0.05, 0.1) is 31.2 Å². The van der Waals surface area contributed by atoms with E-state index in [2.05, 4.69) is 9.97 Å². The van der Waals surface area contributed by atoms with Crippen LogP contribution in [-0.2, 0) is 4.79 Å². The minimum atomic E-state index is -5.56. The molecule has 1 atom stereocenters. The van der Waals surface area contributed by atoms with Crippen molar-refractivity contribution in [1.82, 2.24) is 19.8 Å². The van der Waals surface area contributed by atoms with E-state index in [1.165, 1.54) is 17.3 Å². The molecule has 4 rings (SSSR count). The first kappa shape index (κ1) is 28.7. The molecule has 2 fully saturated rings. The summed E-state index contributed by atoms with van der Waals surface area (Å²) in [6, 6.07) is 6.76. The van der Waals surface area contributed by atoms with Gasteiger partial charge >= 0.3 is 12.1 Å². The summed E-state index contributed by atoms with van der Waals surface area (Å²) in [5.41, 5.74) is 6.22. The first-order chi connectivity index (χ1) is 18.3. The highest BCUT2D eigenvalue weighted by molar-refractivity contribution is 5.99. The van der Waals surface area contributed by atoms with Crippen LogP contribution in [0.25, 0.3) is 11.3 Å². The smallest absolute Gasteiger partial charge is 0.454 e. The van der Waals surface area contributed by atoms with Crippen LogP contribution in [0.4, 0.5) is 22.0 Å². The van der Waals surface area contributed by atoms with Crippen LogP contribution in [-0.4, -0.2) is 82.0 Å². The van der Waals surface area contributed by atoms with Crippen molar-refractivity contribution >= 4 is 11.8 Å². The molecule has 2 amide bonds. The summed E-state index contributed by atoms with van der Waals surface area (Å²) in [7, 11) is 0. The summed E-state index contributed by atoms with van der Waals surface area (Å²) >= 11 is 0. The SMILES string of the molecule is C[C@@]1(C(N)=O)CCCN1C(=O)c1ccc(-c2cnc(OCC3CCN(CC(F)(F)C(F)(F)F)CC3)cn2)cc1. The summed E-state index contributed by atoms with van der Waals surface area (Å²) in [5, 5.41) is 0. The molecule has 2 aliphatic heterocycles. The van der Waals surface area contributed by atoms with Crippen molar-refractivity contribution in [3.8, 4) is 17.1 Å². The lowest BCUT2D eigenvalue weighted by molar-refractivity contribution is -0.287. The number of rotatable bonds is 8. The van der Waals surface area contributed by atoms with Gasteiger partial charge in [-0.2, -0.15) is 22.0 Å². The molecule has 2 aliphatic rings. The molecule has 0 saturated carbocycles. The standard InChI is InChI=1S/C26H30F5N5O3/c1-24(23(32)38)9-2-10-36(24)22(37)19-5-3-18(4-6-19)20-13-34-21(14-33-20)39-15-17-7-11-35(12-8-17)16-25(27,28)26(29,30)31/h3-6,13-14,17H,2,7-12,15-16H2,1H3,(H2,32,38)/t24-/m0/s1. The quantitative estimate of drug-likeness (QED) is 0.496. The van der Waals surface area contributed by atoms with E-state index in [0.29, 0.717) is 49.0 Å². The minimum Gasteiger partial charge on any atom is -0.476 e. The van der Waals surface area contributed by atoms with Crippen molar-refractivity contribution < 1.29 is 36.3 Å². The van der Waals surface area contributed by atoms with E-state index in [9.17, 15) is 31.5 Å². The number of halogens is 5. The van der Waals surface area contributed by atoms with Gasteiger partial charge in [0.25, 0.3) is 5.91 Å². The average Bonchev–Trinajstić information content (AvgIpc) is 3.30. The largest absolute Gasteiger partial charge is 0.476 e. The molecule has 0 aliphatic carbocycles. The first-order valence-electron chi connectivity index (χ1n) is 12.6. The first-order valence-corrected chi connectivity index (χ1v) is 12.6. The lowest BCUT2D eigenvalue weighted by Crippen LogP contribution is -2.53. The second kappa shape index (κ2) is 11.0. The number of primary amides is 1. The van der Waals surface area contributed by atoms with Crippen molar-refractivity contribution in [3.05, 3.63) is 42.2 Å². The molecule has 3 heterocycles. The number of nitrogens with two attached hydrogens (primary N) is 1. The number of piperidine rings is 1. The summed E-state index contributed by atoms with van der Waals surface area (Å²) in [4.78, 5) is 36.1. The Bertz CT molecular complexity index is 1170. The maximum Gasteiger partial charge on any atom is 0.454 e. The zero-order valence-electron chi connectivity index (χ0n) is 21.4. The van der Waals surface area contributed by atoms with Crippen LogP contribution in [0.1, 0.15) is 43.0 Å². The highest BCUT2D eigenvalue weighted by Gasteiger charge is 2.58. The van der Waals surface area contributed by atoms with Crippen LogP contribution < -0.4 is 10.5 Å². The lowest BCUT2D eigenvalue weighted by Gasteiger charge is -2.34. The van der Waals surface area contributed by atoms with Gasteiger partial charge in [0.15, 0.2) is 0 Å². The fraction of sp³-hybridized carbons (Fsp3) is 0.538. The molecule has 0 unspecified atom stereocenters. The van der Waals surface area contributed by atoms with E-state index in [1.807, 2.05) is 0 Å². The van der Waals surface area contributed by atoms with Gasteiger partial charge in [0.1, 0.15) is 5.54 Å². The highest BCUT2D eigenvalue weighted by atomic mass is 19.4. The molecule has 39 heavy (non-hydrogen) atoms. The third kappa shape index (κ3) is 6.29. The van der Waals surface area contributed by atoms with Gasteiger partial charge in [-0.1, -0.05) is 12.1 Å². The Balaban J connectivity index is 1.27. The number of carbonyl (C=O) groups is 2. The predicted octanol–water partition coefficient (Wildman–Crippen LogP) is 3.91. The average molecular weight is 556 g/mol. The normalized spacial score (nSPS) is 21.2. The van der Waals surface area contributed by atoms with Crippen molar-refractivity contribution in [3.63, 3.8) is 0 Å². The van der Waals surface area contributed by atoms with E-state index < -0.39 is 30.1 Å². The number of likely N-dealkylation sites (tertiary alicyclic amines) is 2. The second-order valence-electron chi connectivity index (χ2n) is 10.2. The van der Waals surface area contributed by atoms with Crippen molar-refractivity contribution in [2.75, 3.05) is 32.8 Å². The molecule has 2 aromatic rings. The highest BCUT2D eigenvalue weighted by Crippen LogP contribution is 2.37. The Hall–Kier alpha value is -3.35. The zero-order valence-corrected chi connectivity index (χ0v) is 21.4. The van der Waals surface area contributed by atoms with Crippen LogP contribution in [0.5, 0.6) is 5.88 Å². The van der Waals surface area contributed by atoms with Crippen molar-refractivity contribution in [2.45, 2.75) is 50.2 Å². The Morgan fingerprint density at radius 1 is 1.05 bits per heavy atom. The number of alkyl halides is 5. The molecular formula is C26H30F5N5O3. The molecule has 0 radical (unpaired) electrons. The number of ether oxygens (including phenoxy) is 1. The molecule has 212 valence electrons. The Kier molecular flexibility index (Phi) is 8.10. The maximum absolute atomic E-state index is 13.3. The summed E-state index contributed by atoms with van der Waals surface area (Å²) in [5.74, 6) is -5.27. The Morgan fingerprint density at radius 2 is 1.72 bits per heavy atom. The molecular weight excluding hydrogens is 525 g/mol. The maximum atomic E-state index is 13.3. The Morgan fingerprint density at radius 3 is 2.28 bits per heavy atom.